The van der Waals surface area contributed by atoms with Crippen LogP contribution in [0.4, 0.5) is 0 Å². The molecule has 0 aromatic rings. The van der Waals surface area contributed by atoms with E-state index in [2.05, 4.69) is 32.7 Å². The van der Waals surface area contributed by atoms with Crippen LogP contribution in [-0.2, 0) is 4.74 Å². The lowest BCUT2D eigenvalue weighted by molar-refractivity contribution is -0.181. The maximum Gasteiger partial charge on any atom is 0.0937 e. The molecule has 0 amide bonds. The zero-order chi connectivity index (χ0) is 10.4. The molecule has 2 aliphatic heterocycles. The first-order chi connectivity index (χ1) is 6.41. The maximum absolute atomic E-state index is 5.96. The van der Waals surface area contributed by atoms with Crippen molar-refractivity contribution in [1.82, 2.24) is 4.90 Å². The molecule has 14 heavy (non-hydrogen) atoms. The standard InChI is InChI=1S/C12H23NO/c1-11(2,3)10-5-6-14-12(7-10)8-13(4)9-12/h10H,5-9H2,1-4H3/t10-/m0/s1. The average molecular weight is 197 g/mol. The fourth-order valence-corrected chi connectivity index (χ4v) is 2.92. The van der Waals surface area contributed by atoms with Gasteiger partial charge < -0.3 is 9.64 Å². The van der Waals surface area contributed by atoms with Crippen molar-refractivity contribution in [2.24, 2.45) is 11.3 Å². The average Bonchev–Trinajstić information content (AvgIpc) is 2.00. The van der Waals surface area contributed by atoms with E-state index in [-0.39, 0.29) is 5.60 Å². The van der Waals surface area contributed by atoms with E-state index in [1.54, 1.807) is 0 Å². The van der Waals surface area contributed by atoms with Crippen LogP contribution in [0.3, 0.4) is 0 Å². The predicted molar refractivity (Wildman–Crippen MR) is 58.4 cm³/mol. The van der Waals surface area contributed by atoms with E-state index < -0.39 is 0 Å². The Bertz CT molecular complexity index is 207. The third-order valence-electron chi connectivity index (χ3n) is 3.83. The summed E-state index contributed by atoms with van der Waals surface area (Å²) in [5.41, 5.74) is 0.676. The number of likely N-dealkylation sites (tertiary alicyclic amines) is 1. The molecule has 0 unspecified atom stereocenters. The van der Waals surface area contributed by atoms with Gasteiger partial charge in [-0.1, -0.05) is 20.8 Å². The summed E-state index contributed by atoms with van der Waals surface area (Å²) in [7, 11) is 2.18. The summed E-state index contributed by atoms with van der Waals surface area (Å²) in [6, 6.07) is 0. The van der Waals surface area contributed by atoms with Crippen LogP contribution in [0.1, 0.15) is 33.6 Å². The van der Waals surface area contributed by atoms with Gasteiger partial charge in [-0.05, 0) is 31.2 Å². The van der Waals surface area contributed by atoms with Gasteiger partial charge in [0.05, 0.1) is 5.60 Å². The second-order valence-electron chi connectivity index (χ2n) is 6.26. The number of nitrogens with zero attached hydrogens (tertiary/aromatic N) is 1. The molecule has 0 saturated carbocycles. The van der Waals surface area contributed by atoms with Crippen LogP contribution in [0.2, 0.25) is 0 Å². The molecule has 82 valence electrons. The van der Waals surface area contributed by atoms with Gasteiger partial charge in [-0.25, -0.2) is 0 Å². The first-order valence-corrected chi connectivity index (χ1v) is 5.74. The van der Waals surface area contributed by atoms with E-state index in [1.165, 1.54) is 12.8 Å². The quantitative estimate of drug-likeness (QED) is 0.590. The molecule has 1 spiro atoms. The molecule has 2 aliphatic rings. The fourth-order valence-electron chi connectivity index (χ4n) is 2.92. The number of hydrogen-bond acceptors (Lipinski definition) is 2. The molecule has 2 nitrogen and oxygen atoms in total. The monoisotopic (exact) mass is 197 g/mol. The van der Waals surface area contributed by atoms with Crippen LogP contribution in [-0.4, -0.2) is 37.2 Å². The summed E-state index contributed by atoms with van der Waals surface area (Å²) < 4.78 is 5.96. The minimum absolute atomic E-state index is 0.227. The molecule has 1 atom stereocenters. The lowest BCUT2D eigenvalue weighted by Crippen LogP contribution is -2.64. The minimum atomic E-state index is 0.227. The van der Waals surface area contributed by atoms with Gasteiger partial charge in [-0.2, -0.15) is 0 Å². The Kier molecular flexibility index (Phi) is 2.39. The fraction of sp³-hybridized carbons (Fsp3) is 1.00. The summed E-state index contributed by atoms with van der Waals surface area (Å²) >= 11 is 0. The molecule has 0 aromatic carbocycles. The van der Waals surface area contributed by atoms with E-state index in [1.807, 2.05) is 0 Å². The van der Waals surface area contributed by atoms with Crippen LogP contribution in [0.25, 0.3) is 0 Å². The summed E-state index contributed by atoms with van der Waals surface area (Å²) in [5, 5.41) is 0. The number of likely N-dealkylation sites (N-methyl/N-ethyl adjacent to an activating group) is 1. The highest BCUT2D eigenvalue weighted by Gasteiger charge is 2.47. The van der Waals surface area contributed by atoms with Crippen molar-refractivity contribution in [2.45, 2.75) is 39.2 Å². The summed E-state index contributed by atoms with van der Waals surface area (Å²) in [4.78, 5) is 2.35. The topological polar surface area (TPSA) is 12.5 Å². The zero-order valence-corrected chi connectivity index (χ0v) is 9.97. The van der Waals surface area contributed by atoms with Crippen LogP contribution < -0.4 is 0 Å². The van der Waals surface area contributed by atoms with E-state index in [0.717, 1.165) is 25.6 Å². The Morgan fingerprint density at radius 3 is 2.43 bits per heavy atom. The molecule has 0 radical (unpaired) electrons. The van der Waals surface area contributed by atoms with Crippen molar-refractivity contribution in [3.05, 3.63) is 0 Å². The molecule has 2 saturated heterocycles. The number of ether oxygens (including phenoxy) is 1. The Hall–Kier alpha value is -0.0800. The lowest BCUT2D eigenvalue weighted by atomic mass is 9.70. The van der Waals surface area contributed by atoms with E-state index in [0.29, 0.717) is 5.41 Å². The molecule has 0 N–H and O–H groups in total. The van der Waals surface area contributed by atoms with Crippen LogP contribution in [0, 0.1) is 11.3 Å². The number of rotatable bonds is 0. The molecule has 2 heterocycles. The molecule has 2 fully saturated rings. The maximum atomic E-state index is 5.96. The highest BCUT2D eigenvalue weighted by atomic mass is 16.5. The summed E-state index contributed by atoms with van der Waals surface area (Å²) in [5.74, 6) is 0.838. The van der Waals surface area contributed by atoms with Crippen LogP contribution in [0.15, 0.2) is 0 Å². The van der Waals surface area contributed by atoms with Crippen molar-refractivity contribution in [3.63, 3.8) is 0 Å². The van der Waals surface area contributed by atoms with Crippen molar-refractivity contribution >= 4 is 0 Å². The lowest BCUT2D eigenvalue weighted by Gasteiger charge is -2.54. The third kappa shape index (κ3) is 1.82. The third-order valence-corrected chi connectivity index (χ3v) is 3.83. The van der Waals surface area contributed by atoms with Gasteiger partial charge in [0.25, 0.3) is 0 Å². The first-order valence-electron chi connectivity index (χ1n) is 5.74. The zero-order valence-electron chi connectivity index (χ0n) is 9.97. The SMILES string of the molecule is CN1CC2(C[C@@H](C(C)(C)C)CCO2)C1. The van der Waals surface area contributed by atoms with Crippen molar-refractivity contribution in [1.29, 1.82) is 0 Å². The Balaban J connectivity index is 1.98. The summed E-state index contributed by atoms with van der Waals surface area (Å²) in [6.45, 7) is 10.3. The van der Waals surface area contributed by atoms with Crippen LogP contribution >= 0.6 is 0 Å². The van der Waals surface area contributed by atoms with Crippen molar-refractivity contribution in [2.75, 3.05) is 26.7 Å². The van der Waals surface area contributed by atoms with Gasteiger partial charge in [0.1, 0.15) is 0 Å². The smallest absolute Gasteiger partial charge is 0.0937 e. The summed E-state index contributed by atoms with van der Waals surface area (Å²) in [6.07, 6.45) is 2.51. The van der Waals surface area contributed by atoms with Crippen molar-refractivity contribution < 1.29 is 4.74 Å². The normalized spacial score (nSPS) is 33.0. The predicted octanol–water partition coefficient (Wildman–Crippen LogP) is 2.14. The van der Waals surface area contributed by atoms with Gasteiger partial charge in [0.2, 0.25) is 0 Å². The molecule has 2 rings (SSSR count). The van der Waals surface area contributed by atoms with Gasteiger partial charge in [-0.3, -0.25) is 0 Å². The van der Waals surface area contributed by atoms with E-state index in [9.17, 15) is 0 Å². The first kappa shape index (κ1) is 10.4. The van der Waals surface area contributed by atoms with E-state index in [4.69, 9.17) is 4.74 Å². The highest BCUT2D eigenvalue weighted by Crippen LogP contribution is 2.43. The largest absolute Gasteiger partial charge is 0.372 e. The Morgan fingerprint density at radius 1 is 1.29 bits per heavy atom. The molecule has 0 aromatic heterocycles. The second kappa shape index (κ2) is 3.21. The highest BCUT2D eigenvalue weighted by molar-refractivity contribution is 5.00. The minimum Gasteiger partial charge on any atom is -0.372 e. The molecule has 0 bridgehead atoms. The van der Waals surface area contributed by atoms with Gasteiger partial charge >= 0.3 is 0 Å². The molecule has 0 aliphatic carbocycles. The van der Waals surface area contributed by atoms with Crippen molar-refractivity contribution in [3.8, 4) is 0 Å². The van der Waals surface area contributed by atoms with Crippen LogP contribution in [0.5, 0.6) is 0 Å². The van der Waals surface area contributed by atoms with Gasteiger partial charge in [0, 0.05) is 19.7 Å². The molecule has 2 heteroatoms. The molecular formula is C12H23NO. The van der Waals surface area contributed by atoms with Gasteiger partial charge in [0.15, 0.2) is 0 Å². The Labute approximate surface area is 87.6 Å². The number of hydrogen-bond donors (Lipinski definition) is 0. The second-order valence-corrected chi connectivity index (χ2v) is 6.26. The molecular weight excluding hydrogens is 174 g/mol. The Morgan fingerprint density at radius 2 is 1.93 bits per heavy atom. The van der Waals surface area contributed by atoms with Gasteiger partial charge in [-0.15, -0.1) is 0 Å². The van der Waals surface area contributed by atoms with E-state index >= 15 is 0 Å².